The Bertz CT molecular complexity index is 838. The van der Waals surface area contributed by atoms with Crippen LogP contribution in [-0.4, -0.2) is 36.2 Å². The summed E-state index contributed by atoms with van der Waals surface area (Å²) < 4.78 is 0. The van der Waals surface area contributed by atoms with Crippen LogP contribution in [0.2, 0.25) is 0 Å². The van der Waals surface area contributed by atoms with Crippen molar-refractivity contribution in [3.05, 3.63) is 64.7 Å². The van der Waals surface area contributed by atoms with Gasteiger partial charge in [-0.15, -0.1) is 0 Å². The zero-order valence-electron chi connectivity index (χ0n) is 14.6. The lowest BCUT2D eigenvalue weighted by molar-refractivity contribution is -0.118. The summed E-state index contributed by atoms with van der Waals surface area (Å²) in [6.07, 6.45) is 0.0922. The number of rotatable bonds is 4. The maximum absolute atomic E-state index is 12.5. The number of aryl methyl sites for hydroxylation is 2. The van der Waals surface area contributed by atoms with Gasteiger partial charge in [0.2, 0.25) is 5.91 Å². The zero-order valence-corrected chi connectivity index (χ0v) is 14.6. The maximum atomic E-state index is 12.5. The van der Waals surface area contributed by atoms with E-state index in [0.717, 1.165) is 21.7 Å². The van der Waals surface area contributed by atoms with Crippen LogP contribution in [0.25, 0.3) is 0 Å². The molecule has 1 aliphatic heterocycles. The number of imide groups is 1. The molecule has 3 amide bonds. The van der Waals surface area contributed by atoms with Gasteiger partial charge in [-0.2, -0.15) is 0 Å². The molecule has 0 fully saturated rings. The molecule has 0 spiro atoms. The number of carbonyl (C=O) groups excluding carboxylic acids is 3. The molecule has 0 saturated heterocycles. The number of carbonyl (C=O) groups is 3. The minimum absolute atomic E-state index is 0.0837. The van der Waals surface area contributed by atoms with E-state index in [-0.39, 0.29) is 30.7 Å². The summed E-state index contributed by atoms with van der Waals surface area (Å²) in [4.78, 5) is 39.8. The van der Waals surface area contributed by atoms with E-state index in [9.17, 15) is 14.4 Å². The van der Waals surface area contributed by atoms with E-state index in [4.69, 9.17) is 0 Å². The van der Waals surface area contributed by atoms with Crippen LogP contribution in [-0.2, 0) is 4.79 Å². The predicted molar refractivity (Wildman–Crippen MR) is 95.8 cm³/mol. The zero-order chi connectivity index (χ0) is 18.1. The molecule has 1 heterocycles. The van der Waals surface area contributed by atoms with Crippen molar-refractivity contribution < 1.29 is 14.4 Å². The highest BCUT2D eigenvalue weighted by Gasteiger charge is 2.35. The first-order valence-electron chi connectivity index (χ1n) is 8.19. The molecule has 0 saturated carbocycles. The van der Waals surface area contributed by atoms with Crippen molar-refractivity contribution in [2.45, 2.75) is 20.3 Å². The number of anilines is 1. The first-order chi connectivity index (χ1) is 11.9. The number of amides is 3. The van der Waals surface area contributed by atoms with Crippen molar-refractivity contribution in [2.24, 2.45) is 0 Å². The van der Waals surface area contributed by atoms with Gasteiger partial charge in [0.05, 0.1) is 11.1 Å². The van der Waals surface area contributed by atoms with Gasteiger partial charge in [0.15, 0.2) is 0 Å². The first kappa shape index (κ1) is 16.9. The molecule has 0 unspecified atom stereocenters. The van der Waals surface area contributed by atoms with Gasteiger partial charge in [0.25, 0.3) is 11.8 Å². The fourth-order valence-electron chi connectivity index (χ4n) is 2.90. The van der Waals surface area contributed by atoms with Crippen LogP contribution in [0, 0.1) is 13.8 Å². The summed E-state index contributed by atoms with van der Waals surface area (Å²) >= 11 is 0. The van der Waals surface area contributed by atoms with Gasteiger partial charge < -0.3 is 4.90 Å². The lowest BCUT2D eigenvalue weighted by atomic mass is 10.1. The Hall–Kier alpha value is -2.95. The Morgan fingerprint density at radius 2 is 1.56 bits per heavy atom. The first-order valence-corrected chi connectivity index (χ1v) is 8.19. The van der Waals surface area contributed by atoms with E-state index >= 15 is 0 Å². The van der Waals surface area contributed by atoms with Crippen molar-refractivity contribution in [3.63, 3.8) is 0 Å². The Balaban J connectivity index is 1.67. The third kappa shape index (κ3) is 3.05. The van der Waals surface area contributed by atoms with Gasteiger partial charge in [-0.05, 0) is 49.2 Å². The highest BCUT2D eigenvalue weighted by atomic mass is 16.2. The minimum atomic E-state index is -0.331. The Kier molecular flexibility index (Phi) is 4.40. The van der Waals surface area contributed by atoms with Crippen LogP contribution < -0.4 is 4.90 Å². The van der Waals surface area contributed by atoms with Crippen LogP contribution in [0.4, 0.5) is 5.69 Å². The van der Waals surface area contributed by atoms with Crippen molar-refractivity contribution in [1.29, 1.82) is 0 Å². The summed E-state index contributed by atoms with van der Waals surface area (Å²) in [5.74, 6) is -0.802. The SMILES string of the molecule is Cc1ccc(N(C)C(=O)CCN2C(=O)c3ccccc3C2=O)cc1C. The van der Waals surface area contributed by atoms with E-state index in [1.54, 1.807) is 36.2 Å². The molecule has 5 nitrogen and oxygen atoms in total. The topological polar surface area (TPSA) is 57.7 Å². The van der Waals surface area contributed by atoms with E-state index in [1.165, 1.54) is 0 Å². The lowest BCUT2D eigenvalue weighted by Crippen LogP contribution is -2.35. The third-order valence-corrected chi connectivity index (χ3v) is 4.68. The molecular weight excluding hydrogens is 316 g/mol. The molecule has 2 aromatic carbocycles. The molecule has 0 aromatic heterocycles. The van der Waals surface area contributed by atoms with Crippen molar-refractivity contribution in [2.75, 3.05) is 18.5 Å². The Labute approximate surface area is 146 Å². The Morgan fingerprint density at radius 3 is 2.12 bits per heavy atom. The second-order valence-electron chi connectivity index (χ2n) is 6.28. The third-order valence-electron chi connectivity index (χ3n) is 4.68. The number of hydrogen-bond acceptors (Lipinski definition) is 3. The monoisotopic (exact) mass is 336 g/mol. The van der Waals surface area contributed by atoms with E-state index in [1.807, 2.05) is 32.0 Å². The number of nitrogens with zero attached hydrogens (tertiary/aromatic N) is 2. The smallest absolute Gasteiger partial charge is 0.261 e. The largest absolute Gasteiger partial charge is 0.315 e. The molecule has 3 rings (SSSR count). The fraction of sp³-hybridized carbons (Fsp3) is 0.250. The Morgan fingerprint density at radius 1 is 0.960 bits per heavy atom. The molecular formula is C20H20N2O3. The molecule has 0 aliphatic carbocycles. The van der Waals surface area contributed by atoms with Gasteiger partial charge in [0, 0.05) is 25.7 Å². The molecule has 0 bridgehead atoms. The highest BCUT2D eigenvalue weighted by Crippen LogP contribution is 2.23. The van der Waals surface area contributed by atoms with Crippen LogP contribution >= 0.6 is 0 Å². The van der Waals surface area contributed by atoms with E-state index in [2.05, 4.69) is 0 Å². The second kappa shape index (κ2) is 6.51. The fourth-order valence-corrected chi connectivity index (χ4v) is 2.90. The summed E-state index contributed by atoms with van der Waals surface area (Å²) in [6.45, 7) is 4.10. The van der Waals surface area contributed by atoms with Gasteiger partial charge in [-0.25, -0.2) is 0 Å². The van der Waals surface area contributed by atoms with E-state index < -0.39 is 0 Å². The minimum Gasteiger partial charge on any atom is -0.315 e. The van der Waals surface area contributed by atoms with Gasteiger partial charge in [0.1, 0.15) is 0 Å². The number of hydrogen-bond donors (Lipinski definition) is 0. The molecule has 128 valence electrons. The second-order valence-corrected chi connectivity index (χ2v) is 6.28. The van der Waals surface area contributed by atoms with Crippen LogP contribution in [0.5, 0.6) is 0 Å². The van der Waals surface area contributed by atoms with Gasteiger partial charge in [-0.1, -0.05) is 18.2 Å². The summed E-state index contributed by atoms with van der Waals surface area (Å²) in [5.41, 5.74) is 3.88. The van der Waals surface area contributed by atoms with Crippen LogP contribution in [0.1, 0.15) is 38.3 Å². The summed E-state index contributed by atoms with van der Waals surface area (Å²) in [7, 11) is 1.70. The molecule has 2 aromatic rings. The number of benzene rings is 2. The average molecular weight is 336 g/mol. The lowest BCUT2D eigenvalue weighted by Gasteiger charge is -2.20. The molecule has 1 aliphatic rings. The molecule has 0 atom stereocenters. The van der Waals surface area contributed by atoms with Crippen molar-refractivity contribution in [1.82, 2.24) is 4.90 Å². The summed E-state index contributed by atoms with van der Waals surface area (Å²) in [5, 5.41) is 0. The van der Waals surface area contributed by atoms with Crippen molar-refractivity contribution in [3.8, 4) is 0 Å². The molecule has 5 heteroatoms. The maximum Gasteiger partial charge on any atom is 0.261 e. The molecule has 25 heavy (non-hydrogen) atoms. The van der Waals surface area contributed by atoms with Crippen LogP contribution in [0.15, 0.2) is 42.5 Å². The standard InChI is InChI=1S/C20H20N2O3/c1-13-8-9-15(12-14(13)2)21(3)18(23)10-11-22-19(24)16-6-4-5-7-17(16)20(22)25/h4-9,12H,10-11H2,1-3H3. The molecule has 0 N–H and O–H groups in total. The quantitative estimate of drug-likeness (QED) is 0.807. The average Bonchev–Trinajstić information content (AvgIpc) is 2.86. The van der Waals surface area contributed by atoms with E-state index in [0.29, 0.717) is 11.1 Å². The van der Waals surface area contributed by atoms with Crippen molar-refractivity contribution >= 4 is 23.4 Å². The predicted octanol–water partition coefficient (Wildman–Crippen LogP) is 2.95. The van der Waals surface area contributed by atoms with Crippen LogP contribution in [0.3, 0.4) is 0 Å². The summed E-state index contributed by atoms with van der Waals surface area (Å²) in [6, 6.07) is 12.5. The molecule has 0 radical (unpaired) electrons. The number of fused-ring (bicyclic) bond motifs is 1. The van der Waals surface area contributed by atoms with Gasteiger partial charge in [-0.3, -0.25) is 19.3 Å². The van der Waals surface area contributed by atoms with Gasteiger partial charge >= 0.3 is 0 Å². The normalized spacial score (nSPS) is 13.2. The highest BCUT2D eigenvalue weighted by molar-refractivity contribution is 6.21.